The first-order valence-corrected chi connectivity index (χ1v) is 5.87. The summed E-state index contributed by atoms with van der Waals surface area (Å²) in [5, 5.41) is 6.36. The first kappa shape index (κ1) is 13.0. The van der Waals surface area contributed by atoms with E-state index in [0.29, 0.717) is 17.8 Å². The van der Waals surface area contributed by atoms with E-state index in [4.69, 9.17) is 4.52 Å². The van der Waals surface area contributed by atoms with E-state index in [1.165, 1.54) is 6.92 Å². The van der Waals surface area contributed by atoms with Crippen molar-refractivity contribution in [1.82, 2.24) is 10.5 Å². The minimum atomic E-state index is -0.325. The van der Waals surface area contributed by atoms with Gasteiger partial charge < -0.3 is 9.84 Å². The molecule has 5 nitrogen and oxygen atoms in total. The molecule has 2 aromatic rings. The summed E-state index contributed by atoms with van der Waals surface area (Å²) in [4.78, 5) is 23.0. The first-order chi connectivity index (χ1) is 9.06. The van der Waals surface area contributed by atoms with Crippen molar-refractivity contribution in [3.8, 4) is 0 Å². The van der Waals surface area contributed by atoms with Crippen molar-refractivity contribution in [2.75, 3.05) is 0 Å². The Labute approximate surface area is 110 Å². The number of benzene rings is 1. The number of Topliss-reactive ketones (excluding diaryl/α,β-unsaturated/α-hetero) is 1. The highest BCUT2D eigenvalue weighted by Crippen LogP contribution is 2.07. The number of aromatic nitrogens is 1. The number of hydrogen-bond acceptors (Lipinski definition) is 4. The van der Waals surface area contributed by atoms with Crippen LogP contribution in [0.3, 0.4) is 0 Å². The summed E-state index contributed by atoms with van der Waals surface area (Å²) < 4.78 is 4.86. The molecule has 0 bridgehead atoms. The summed E-state index contributed by atoms with van der Waals surface area (Å²) in [5.41, 5.74) is 2.14. The van der Waals surface area contributed by atoms with Crippen LogP contribution in [-0.2, 0) is 6.54 Å². The van der Waals surface area contributed by atoms with Gasteiger partial charge in [-0.3, -0.25) is 9.59 Å². The van der Waals surface area contributed by atoms with E-state index in [1.807, 2.05) is 6.07 Å². The quantitative estimate of drug-likeness (QED) is 0.852. The second-order valence-electron chi connectivity index (χ2n) is 4.27. The topological polar surface area (TPSA) is 72.2 Å². The molecule has 2 rings (SSSR count). The summed E-state index contributed by atoms with van der Waals surface area (Å²) >= 11 is 0. The van der Waals surface area contributed by atoms with Gasteiger partial charge >= 0.3 is 0 Å². The molecular weight excluding hydrogens is 244 g/mol. The van der Waals surface area contributed by atoms with Crippen molar-refractivity contribution >= 4 is 11.7 Å². The molecule has 1 aromatic heterocycles. The molecule has 1 amide bonds. The lowest BCUT2D eigenvalue weighted by Gasteiger charge is -2.04. The number of ketones is 1. The van der Waals surface area contributed by atoms with E-state index >= 15 is 0 Å². The van der Waals surface area contributed by atoms with Gasteiger partial charge in [-0.25, -0.2) is 0 Å². The number of nitrogens with zero attached hydrogens (tertiary/aromatic N) is 1. The van der Waals surface area contributed by atoms with Crippen LogP contribution in [0.4, 0.5) is 0 Å². The molecular formula is C14H14N2O3. The van der Waals surface area contributed by atoms with E-state index in [1.54, 1.807) is 31.2 Å². The Morgan fingerprint density at radius 2 is 2.11 bits per heavy atom. The van der Waals surface area contributed by atoms with Gasteiger partial charge in [0.25, 0.3) is 5.91 Å². The third kappa shape index (κ3) is 3.28. The second-order valence-corrected chi connectivity index (χ2v) is 4.27. The van der Waals surface area contributed by atoms with Crippen molar-refractivity contribution in [2.45, 2.75) is 20.4 Å². The van der Waals surface area contributed by atoms with Gasteiger partial charge in [-0.2, -0.15) is 0 Å². The van der Waals surface area contributed by atoms with Crippen LogP contribution in [0, 0.1) is 6.92 Å². The van der Waals surface area contributed by atoms with Crippen molar-refractivity contribution in [3.05, 3.63) is 52.9 Å². The van der Waals surface area contributed by atoms with Gasteiger partial charge in [0.2, 0.25) is 5.76 Å². The Balaban J connectivity index is 2.01. The molecule has 0 saturated carbocycles. The van der Waals surface area contributed by atoms with Crippen LogP contribution in [0.5, 0.6) is 0 Å². The molecule has 0 unspecified atom stereocenters. The first-order valence-electron chi connectivity index (χ1n) is 5.87. The minimum absolute atomic E-state index is 0.000893. The minimum Gasteiger partial charge on any atom is -0.351 e. The molecule has 1 aromatic carbocycles. The van der Waals surface area contributed by atoms with E-state index in [9.17, 15) is 9.59 Å². The van der Waals surface area contributed by atoms with E-state index < -0.39 is 0 Å². The zero-order valence-electron chi connectivity index (χ0n) is 10.8. The van der Waals surface area contributed by atoms with Crippen molar-refractivity contribution in [1.29, 1.82) is 0 Å². The van der Waals surface area contributed by atoms with E-state index in [2.05, 4.69) is 10.5 Å². The summed E-state index contributed by atoms with van der Waals surface area (Å²) in [5.74, 6) is -0.145. The predicted molar refractivity (Wildman–Crippen MR) is 68.9 cm³/mol. The van der Waals surface area contributed by atoms with Crippen molar-refractivity contribution in [2.24, 2.45) is 0 Å². The molecule has 1 N–H and O–H groups in total. The molecule has 0 aliphatic carbocycles. The SMILES string of the molecule is CC(=O)c1cccc(CNC(=O)c2cc(C)no2)c1. The normalized spacial score (nSPS) is 10.2. The lowest BCUT2D eigenvalue weighted by Crippen LogP contribution is -2.22. The number of carbonyl (C=O) groups excluding carboxylic acids is 2. The fourth-order valence-corrected chi connectivity index (χ4v) is 1.64. The third-order valence-corrected chi connectivity index (χ3v) is 2.64. The fraction of sp³-hybridized carbons (Fsp3) is 0.214. The Morgan fingerprint density at radius 1 is 1.32 bits per heavy atom. The van der Waals surface area contributed by atoms with Gasteiger partial charge in [0, 0.05) is 18.2 Å². The molecule has 1 heterocycles. The van der Waals surface area contributed by atoms with Crippen LogP contribution in [0.25, 0.3) is 0 Å². The smallest absolute Gasteiger partial charge is 0.290 e. The van der Waals surface area contributed by atoms with Gasteiger partial charge in [-0.05, 0) is 25.5 Å². The van der Waals surface area contributed by atoms with Gasteiger partial charge in [0.1, 0.15) is 0 Å². The van der Waals surface area contributed by atoms with Crippen LogP contribution >= 0.6 is 0 Å². The molecule has 0 radical (unpaired) electrons. The van der Waals surface area contributed by atoms with Gasteiger partial charge in [0.05, 0.1) is 5.69 Å². The molecule has 0 aliphatic rings. The van der Waals surface area contributed by atoms with Crippen LogP contribution in [0.1, 0.15) is 39.1 Å². The lowest BCUT2D eigenvalue weighted by atomic mass is 10.1. The number of nitrogens with one attached hydrogen (secondary N) is 1. The zero-order valence-corrected chi connectivity index (χ0v) is 10.8. The number of aryl methyl sites for hydroxylation is 1. The fourth-order valence-electron chi connectivity index (χ4n) is 1.64. The van der Waals surface area contributed by atoms with Crippen LogP contribution in [0.2, 0.25) is 0 Å². The summed E-state index contributed by atoms with van der Waals surface area (Å²) in [6, 6.07) is 8.71. The highest BCUT2D eigenvalue weighted by atomic mass is 16.5. The average molecular weight is 258 g/mol. The second kappa shape index (κ2) is 5.48. The zero-order chi connectivity index (χ0) is 13.8. The molecule has 0 aliphatic heterocycles. The molecule has 98 valence electrons. The van der Waals surface area contributed by atoms with Crippen LogP contribution in [0.15, 0.2) is 34.9 Å². The van der Waals surface area contributed by atoms with Gasteiger partial charge in [-0.15, -0.1) is 0 Å². The Kier molecular flexibility index (Phi) is 3.75. The van der Waals surface area contributed by atoms with Crippen molar-refractivity contribution < 1.29 is 14.1 Å². The Hall–Kier alpha value is -2.43. The molecule has 19 heavy (non-hydrogen) atoms. The average Bonchev–Trinajstić information content (AvgIpc) is 2.83. The maximum absolute atomic E-state index is 11.7. The maximum Gasteiger partial charge on any atom is 0.290 e. The number of rotatable bonds is 4. The molecule has 0 spiro atoms. The van der Waals surface area contributed by atoms with E-state index in [-0.39, 0.29) is 17.5 Å². The third-order valence-electron chi connectivity index (χ3n) is 2.64. The summed E-state index contributed by atoms with van der Waals surface area (Å²) in [7, 11) is 0. The Bertz CT molecular complexity index is 617. The van der Waals surface area contributed by atoms with E-state index in [0.717, 1.165) is 5.56 Å². The van der Waals surface area contributed by atoms with Gasteiger partial charge in [0.15, 0.2) is 5.78 Å². The largest absolute Gasteiger partial charge is 0.351 e. The molecule has 0 saturated heterocycles. The lowest BCUT2D eigenvalue weighted by molar-refractivity contribution is 0.0913. The van der Waals surface area contributed by atoms with Crippen LogP contribution < -0.4 is 5.32 Å². The standard InChI is InChI=1S/C14H14N2O3/c1-9-6-13(19-16-9)14(18)15-8-11-4-3-5-12(7-11)10(2)17/h3-7H,8H2,1-2H3,(H,15,18). The monoisotopic (exact) mass is 258 g/mol. The van der Waals surface area contributed by atoms with Crippen molar-refractivity contribution in [3.63, 3.8) is 0 Å². The summed E-state index contributed by atoms with van der Waals surface area (Å²) in [6.45, 7) is 3.59. The number of hydrogen-bond donors (Lipinski definition) is 1. The summed E-state index contributed by atoms with van der Waals surface area (Å²) in [6.07, 6.45) is 0. The molecule has 0 atom stereocenters. The van der Waals surface area contributed by atoms with Crippen LogP contribution in [-0.4, -0.2) is 16.8 Å². The number of amides is 1. The molecule has 0 fully saturated rings. The highest BCUT2D eigenvalue weighted by Gasteiger charge is 2.11. The maximum atomic E-state index is 11.7. The van der Waals surface area contributed by atoms with Gasteiger partial charge in [-0.1, -0.05) is 23.4 Å². The molecule has 5 heteroatoms. The highest BCUT2D eigenvalue weighted by molar-refractivity contribution is 5.94. The number of carbonyl (C=O) groups is 2. The predicted octanol–water partition coefficient (Wildman–Crippen LogP) is 2.12. The Morgan fingerprint density at radius 3 is 2.74 bits per heavy atom.